The summed E-state index contributed by atoms with van der Waals surface area (Å²) in [6.45, 7) is 14.3. The highest BCUT2D eigenvalue weighted by Gasteiger charge is 2.28. The van der Waals surface area contributed by atoms with E-state index in [0.717, 1.165) is 51.8 Å². The first-order valence-corrected chi connectivity index (χ1v) is 8.32. The lowest BCUT2D eigenvalue weighted by Crippen LogP contribution is -2.51. The highest BCUT2D eigenvalue weighted by Crippen LogP contribution is 2.29. The molecule has 1 aliphatic heterocycles. The molecule has 20 heavy (non-hydrogen) atoms. The molecule has 0 bridgehead atoms. The lowest BCUT2D eigenvalue weighted by Gasteiger charge is -2.39. The van der Waals surface area contributed by atoms with Crippen LogP contribution in [0.25, 0.3) is 0 Å². The van der Waals surface area contributed by atoms with Gasteiger partial charge in [-0.15, -0.1) is 24.0 Å². The Balaban J connectivity index is 0.00000361. The van der Waals surface area contributed by atoms with Crippen LogP contribution in [0.2, 0.25) is 0 Å². The van der Waals surface area contributed by atoms with Crippen molar-refractivity contribution in [3.63, 3.8) is 0 Å². The summed E-state index contributed by atoms with van der Waals surface area (Å²) >= 11 is 2.05. The normalized spacial score (nSPS) is 18.6. The molecule has 0 aliphatic carbocycles. The summed E-state index contributed by atoms with van der Waals surface area (Å²) in [5.41, 5.74) is 0. The lowest BCUT2D eigenvalue weighted by molar-refractivity contribution is 0.146. The molecule has 4 nitrogen and oxygen atoms in total. The molecule has 0 spiro atoms. The van der Waals surface area contributed by atoms with Crippen molar-refractivity contribution in [3.05, 3.63) is 0 Å². The minimum atomic E-state index is 0. The van der Waals surface area contributed by atoms with Crippen molar-refractivity contribution in [2.45, 2.75) is 38.9 Å². The molecule has 120 valence electrons. The monoisotopic (exact) mass is 415 g/mol. The van der Waals surface area contributed by atoms with Gasteiger partial charge in [-0.1, -0.05) is 0 Å². The number of ether oxygens (including phenoxy) is 1. The van der Waals surface area contributed by atoms with E-state index in [1.807, 2.05) is 6.92 Å². The first kappa shape index (κ1) is 20.3. The molecular formula is C14H30IN3OS. The Morgan fingerprint density at radius 1 is 1.40 bits per heavy atom. The van der Waals surface area contributed by atoms with Gasteiger partial charge in [-0.3, -0.25) is 4.99 Å². The van der Waals surface area contributed by atoms with Gasteiger partial charge >= 0.3 is 0 Å². The van der Waals surface area contributed by atoms with Gasteiger partial charge in [0.1, 0.15) is 0 Å². The van der Waals surface area contributed by atoms with E-state index < -0.39 is 0 Å². The molecule has 0 aromatic carbocycles. The van der Waals surface area contributed by atoms with Crippen molar-refractivity contribution in [1.82, 2.24) is 10.2 Å². The number of rotatable bonds is 6. The van der Waals surface area contributed by atoms with Crippen LogP contribution in [0.15, 0.2) is 4.99 Å². The minimum absolute atomic E-state index is 0. The van der Waals surface area contributed by atoms with Gasteiger partial charge in [-0.2, -0.15) is 11.8 Å². The quantitative estimate of drug-likeness (QED) is 0.313. The van der Waals surface area contributed by atoms with Crippen molar-refractivity contribution in [3.8, 4) is 0 Å². The number of nitrogens with one attached hydrogen (secondary N) is 1. The van der Waals surface area contributed by atoms with E-state index in [-0.39, 0.29) is 24.0 Å². The van der Waals surface area contributed by atoms with Crippen LogP contribution in [0.4, 0.5) is 0 Å². The third-order valence-electron chi connectivity index (χ3n) is 2.97. The first-order chi connectivity index (χ1) is 9.09. The number of hydrogen-bond donors (Lipinski definition) is 1. The van der Waals surface area contributed by atoms with Gasteiger partial charge in [0, 0.05) is 49.9 Å². The van der Waals surface area contributed by atoms with Gasteiger partial charge in [0.05, 0.1) is 0 Å². The van der Waals surface area contributed by atoms with Gasteiger partial charge in [-0.05, 0) is 34.1 Å². The van der Waals surface area contributed by atoms with Crippen LogP contribution in [0.1, 0.15) is 34.1 Å². The maximum absolute atomic E-state index is 5.35. The summed E-state index contributed by atoms with van der Waals surface area (Å²) in [5.74, 6) is 2.24. The van der Waals surface area contributed by atoms with Gasteiger partial charge in [-0.25, -0.2) is 0 Å². The Bertz CT molecular complexity index is 288. The van der Waals surface area contributed by atoms with Crippen LogP contribution in [0.5, 0.6) is 0 Å². The van der Waals surface area contributed by atoms with Crippen LogP contribution < -0.4 is 5.32 Å². The lowest BCUT2D eigenvalue weighted by atomic mass is 10.2. The van der Waals surface area contributed by atoms with E-state index in [1.165, 1.54) is 5.75 Å². The SMILES string of the molecule is CCNC(=NCCCOCC)N1CCSC(C)(C)C1.I. The molecule has 0 aromatic heterocycles. The van der Waals surface area contributed by atoms with Crippen molar-refractivity contribution in [2.75, 3.05) is 45.1 Å². The molecule has 6 heteroatoms. The van der Waals surface area contributed by atoms with E-state index >= 15 is 0 Å². The summed E-state index contributed by atoms with van der Waals surface area (Å²) in [4.78, 5) is 7.11. The zero-order chi connectivity index (χ0) is 14.1. The van der Waals surface area contributed by atoms with E-state index in [9.17, 15) is 0 Å². The van der Waals surface area contributed by atoms with Crippen LogP contribution in [0.3, 0.4) is 0 Å². The summed E-state index contributed by atoms with van der Waals surface area (Å²) < 4.78 is 5.67. The van der Waals surface area contributed by atoms with E-state index in [4.69, 9.17) is 9.73 Å². The van der Waals surface area contributed by atoms with Gasteiger partial charge in [0.2, 0.25) is 0 Å². The predicted octanol–water partition coefficient (Wildman–Crippen LogP) is 2.82. The second-order valence-corrected chi connectivity index (χ2v) is 7.12. The summed E-state index contributed by atoms with van der Waals surface area (Å²) in [7, 11) is 0. The third kappa shape index (κ3) is 7.93. The second kappa shape index (κ2) is 11.0. The van der Waals surface area contributed by atoms with E-state index in [2.05, 4.69) is 42.7 Å². The fraction of sp³-hybridized carbons (Fsp3) is 0.929. The van der Waals surface area contributed by atoms with Crippen molar-refractivity contribution < 1.29 is 4.74 Å². The van der Waals surface area contributed by atoms with E-state index in [1.54, 1.807) is 0 Å². The average Bonchev–Trinajstić information content (AvgIpc) is 2.36. The second-order valence-electron chi connectivity index (χ2n) is 5.32. The number of hydrogen-bond acceptors (Lipinski definition) is 3. The topological polar surface area (TPSA) is 36.9 Å². The van der Waals surface area contributed by atoms with Crippen LogP contribution >= 0.6 is 35.7 Å². The van der Waals surface area contributed by atoms with Gasteiger partial charge in [0.25, 0.3) is 0 Å². The smallest absolute Gasteiger partial charge is 0.193 e. The highest BCUT2D eigenvalue weighted by molar-refractivity contribution is 14.0. The fourth-order valence-electron chi connectivity index (χ4n) is 2.12. The molecule has 1 saturated heterocycles. The Labute approximate surface area is 145 Å². The largest absolute Gasteiger partial charge is 0.382 e. The molecule has 0 radical (unpaired) electrons. The number of thioether (sulfide) groups is 1. The minimum Gasteiger partial charge on any atom is -0.382 e. The van der Waals surface area contributed by atoms with Gasteiger partial charge < -0.3 is 15.0 Å². The van der Waals surface area contributed by atoms with E-state index in [0.29, 0.717) is 4.75 Å². The Morgan fingerprint density at radius 2 is 2.15 bits per heavy atom. The molecule has 1 aliphatic rings. The molecule has 0 amide bonds. The average molecular weight is 415 g/mol. The zero-order valence-corrected chi connectivity index (χ0v) is 16.4. The highest BCUT2D eigenvalue weighted by atomic mass is 127. The number of guanidine groups is 1. The number of aliphatic imine (C=N–C) groups is 1. The zero-order valence-electron chi connectivity index (χ0n) is 13.3. The first-order valence-electron chi connectivity index (χ1n) is 7.34. The maximum Gasteiger partial charge on any atom is 0.193 e. The molecular weight excluding hydrogens is 385 g/mol. The van der Waals surface area contributed by atoms with Crippen molar-refractivity contribution in [2.24, 2.45) is 4.99 Å². The maximum atomic E-state index is 5.35. The van der Waals surface area contributed by atoms with Crippen molar-refractivity contribution >= 4 is 41.7 Å². The molecule has 1 rings (SSSR count). The molecule has 1 N–H and O–H groups in total. The Morgan fingerprint density at radius 3 is 2.75 bits per heavy atom. The Hall–Kier alpha value is 0.310. The molecule has 0 atom stereocenters. The molecule has 0 saturated carbocycles. The Kier molecular flexibility index (Phi) is 11.1. The molecule has 0 aromatic rings. The predicted molar refractivity (Wildman–Crippen MR) is 101 cm³/mol. The number of halogens is 1. The van der Waals surface area contributed by atoms with Crippen LogP contribution in [-0.4, -0.2) is 60.8 Å². The molecule has 1 fully saturated rings. The standard InChI is InChI=1S/C14H29N3OS.HI/c1-5-15-13(16-8-7-10-18-6-2)17-9-11-19-14(3,4)12-17;/h5-12H2,1-4H3,(H,15,16);1H. The molecule has 1 heterocycles. The van der Waals surface area contributed by atoms with Crippen LogP contribution in [-0.2, 0) is 4.74 Å². The third-order valence-corrected chi connectivity index (χ3v) is 4.27. The fourth-order valence-corrected chi connectivity index (χ4v) is 3.23. The molecule has 0 unspecified atom stereocenters. The summed E-state index contributed by atoms with van der Waals surface area (Å²) in [6, 6.07) is 0. The van der Waals surface area contributed by atoms with Crippen LogP contribution in [0, 0.1) is 0 Å². The van der Waals surface area contributed by atoms with Crippen molar-refractivity contribution in [1.29, 1.82) is 0 Å². The number of nitrogens with zero attached hydrogens (tertiary/aromatic N) is 2. The van der Waals surface area contributed by atoms with Gasteiger partial charge in [0.15, 0.2) is 5.96 Å². The summed E-state index contributed by atoms with van der Waals surface area (Å²) in [5, 5.41) is 3.41. The summed E-state index contributed by atoms with van der Waals surface area (Å²) in [6.07, 6.45) is 0.995.